The Bertz CT molecular complexity index is 492. The third-order valence-electron chi connectivity index (χ3n) is 3.69. The van der Waals surface area contributed by atoms with Gasteiger partial charge >= 0.3 is 5.97 Å². The molecule has 1 fully saturated rings. The molecule has 2 rings (SSSR count). The average Bonchev–Trinajstić information content (AvgIpc) is 3.08. The number of aromatic hydroxyl groups is 1. The summed E-state index contributed by atoms with van der Waals surface area (Å²) in [6, 6.07) is 1.81. The first kappa shape index (κ1) is 13.2. The Morgan fingerprint density at radius 2 is 2.11 bits per heavy atom. The van der Waals surface area contributed by atoms with E-state index in [4.69, 9.17) is 16.7 Å². The molecule has 0 aliphatic heterocycles. The fraction of sp³-hybridized carbons (Fsp3) is 0.500. The number of phenolic OH excluding ortho intramolecular Hbond substituents is 1. The molecule has 1 aliphatic carbocycles. The van der Waals surface area contributed by atoms with Crippen LogP contribution in [0.4, 0.5) is 0 Å². The summed E-state index contributed by atoms with van der Waals surface area (Å²) in [7, 11) is 0. The SMILES string of the molecule is Cc1cc(Cl)c(C)c(O)c1C(CC(=O)O)C1CC1. The van der Waals surface area contributed by atoms with Crippen molar-refractivity contribution in [3.8, 4) is 5.75 Å². The first-order chi connectivity index (χ1) is 8.41. The van der Waals surface area contributed by atoms with Crippen molar-refractivity contribution in [1.82, 2.24) is 0 Å². The van der Waals surface area contributed by atoms with Crippen LogP contribution in [-0.2, 0) is 4.79 Å². The van der Waals surface area contributed by atoms with Gasteiger partial charge in [-0.1, -0.05) is 11.6 Å². The van der Waals surface area contributed by atoms with Crippen LogP contribution in [0.25, 0.3) is 0 Å². The lowest BCUT2D eigenvalue weighted by molar-refractivity contribution is -0.137. The smallest absolute Gasteiger partial charge is 0.303 e. The monoisotopic (exact) mass is 268 g/mol. The molecule has 4 heteroatoms. The van der Waals surface area contributed by atoms with Crippen molar-refractivity contribution in [1.29, 1.82) is 0 Å². The molecule has 1 aromatic rings. The second-order valence-electron chi connectivity index (χ2n) is 5.10. The minimum Gasteiger partial charge on any atom is -0.507 e. The molecule has 1 aromatic carbocycles. The maximum atomic E-state index is 11.0. The largest absolute Gasteiger partial charge is 0.507 e. The van der Waals surface area contributed by atoms with Gasteiger partial charge in [-0.05, 0) is 44.2 Å². The molecule has 98 valence electrons. The van der Waals surface area contributed by atoms with E-state index in [-0.39, 0.29) is 18.1 Å². The van der Waals surface area contributed by atoms with E-state index in [9.17, 15) is 9.90 Å². The minimum atomic E-state index is -0.821. The maximum absolute atomic E-state index is 11.0. The van der Waals surface area contributed by atoms with E-state index >= 15 is 0 Å². The normalized spacial score (nSPS) is 16.6. The first-order valence-electron chi connectivity index (χ1n) is 6.12. The second kappa shape index (κ2) is 4.81. The lowest BCUT2D eigenvalue weighted by atomic mass is 9.86. The van der Waals surface area contributed by atoms with Crippen LogP contribution in [-0.4, -0.2) is 16.2 Å². The molecular formula is C14H17ClO3. The number of aliphatic carboxylic acids is 1. The number of phenols is 1. The average molecular weight is 269 g/mol. The highest BCUT2D eigenvalue weighted by molar-refractivity contribution is 6.31. The van der Waals surface area contributed by atoms with Crippen LogP contribution >= 0.6 is 11.6 Å². The Balaban J connectivity index is 2.47. The van der Waals surface area contributed by atoms with Crippen LogP contribution < -0.4 is 0 Å². The summed E-state index contributed by atoms with van der Waals surface area (Å²) >= 11 is 6.02. The number of hydrogen-bond donors (Lipinski definition) is 2. The number of hydrogen-bond acceptors (Lipinski definition) is 2. The Hall–Kier alpha value is -1.22. The molecule has 0 aromatic heterocycles. The molecule has 0 bridgehead atoms. The quantitative estimate of drug-likeness (QED) is 0.877. The van der Waals surface area contributed by atoms with Gasteiger partial charge in [-0.15, -0.1) is 0 Å². The summed E-state index contributed by atoms with van der Waals surface area (Å²) in [5.74, 6) is -0.374. The van der Waals surface area contributed by atoms with Crippen molar-refractivity contribution in [2.24, 2.45) is 5.92 Å². The summed E-state index contributed by atoms with van der Waals surface area (Å²) in [5.41, 5.74) is 2.27. The van der Waals surface area contributed by atoms with Gasteiger partial charge in [0.05, 0.1) is 6.42 Å². The zero-order valence-electron chi connectivity index (χ0n) is 10.5. The zero-order valence-corrected chi connectivity index (χ0v) is 11.3. The van der Waals surface area contributed by atoms with Crippen LogP contribution in [0.5, 0.6) is 5.75 Å². The van der Waals surface area contributed by atoms with Crippen molar-refractivity contribution in [2.75, 3.05) is 0 Å². The van der Waals surface area contributed by atoms with E-state index in [0.29, 0.717) is 16.5 Å². The Morgan fingerprint density at radius 1 is 1.50 bits per heavy atom. The number of carboxylic acids is 1. The number of benzene rings is 1. The van der Waals surface area contributed by atoms with Crippen molar-refractivity contribution < 1.29 is 15.0 Å². The highest BCUT2D eigenvalue weighted by Gasteiger charge is 2.36. The fourth-order valence-electron chi connectivity index (χ4n) is 2.54. The molecule has 1 saturated carbocycles. The van der Waals surface area contributed by atoms with Gasteiger partial charge in [0.15, 0.2) is 0 Å². The summed E-state index contributed by atoms with van der Waals surface area (Å²) in [5, 5.41) is 19.8. The summed E-state index contributed by atoms with van der Waals surface area (Å²) < 4.78 is 0. The van der Waals surface area contributed by atoms with E-state index in [1.165, 1.54) is 0 Å². The Labute approximate surface area is 111 Å². The number of rotatable bonds is 4. The number of carboxylic acid groups (broad SMARTS) is 1. The van der Waals surface area contributed by atoms with Gasteiger partial charge in [-0.25, -0.2) is 0 Å². The van der Waals surface area contributed by atoms with Gasteiger partial charge in [0.2, 0.25) is 0 Å². The molecule has 0 amide bonds. The summed E-state index contributed by atoms with van der Waals surface area (Å²) in [4.78, 5) is 11.0. The van der Waals surface area contributed by atoms with Crippen molar-refractivity contribution in [3.63, 3.8) is 0 Å². The van der Waals surface area contributed by atoms with Crippen molar-refractivity contribution >= 4 is 17.6 Å². The molecule has 0 heterocycles. The van der Waals surface area contributed by atoms with Gasteiger partial charge in [-0.2, -0.15) is 0 Å². The van der Waals surface area contributed by atoms with E-state index < -0.39 is 5.97 Å². The summed E-state index contributed by atoms with van der Waals surface area (Å²) in [6.45, 7) is 3.63. The molecule has 18 heavy (non-hydrogen) atoms. The molecule has 0 spiro atoms. The van der Waals surface area contributed by atoms with Crippen LogP contribution in [0, 0.1) is 19.8 Å². The van der Waals surface area contributed by atoms with Gasteiger partial charge < -0.3 is 10.2 Å². The highest BCUT2D eigenvalue weighted by atomic mass is 35.5. The van der Waals surface area contributed by atoms with E-state index in [1.807, 2.05) is 13.0 Å². The van der Waals surface area contributed by atoms with Crippen LogP contribution in [0.15, 0.2) is 6.07 Å². The van der Waals surface area contributed by atoms with Crippen LogP contribution in [0.3, 0.4) is 0 Å². The fourth-order valence-corrected chi connectivity index (χ4v) is 2.79. The Morgan fingerprint density at radius 3 is 2.61 bits per heavy atom. The summed E-state index contributed by atoms with van der Waals surface area (Å²) in [6.07, 6.45) is 2.15. The van der Waals surface area contributed by atoms with E-state index in [0.717, 1.165) is 24.0 Å². The zero-order chi connectivity index (χ0) is 13.4. The standard InChI is InChI=1S/C14H17ClO3/c1-7-5-11(15)8(2)14(18)13(7)10(6-12(16)17)9-3-4-9/h5,9-10,18H,3-4,6H2,1-2H3,(H,16,17). The van der Waals surface area contributed by atoms with Gasteiger partial charge in [-0.3, -0.25) is 4.79 Å². The lowest BCUT2D eigenvalue weighted by Crippen LogP contribution is -2.10. The van der Waals surface area contributed by atoms with Crippen molar-refractivity contribution in [3.05, 3.63) is 27.8 Å². The number of carbonyl (C=O) groups is 1. The van der Waals surface area contributed by atoms with Crippen molar-refractivity contribution in [2.45, 2.75) is 39.0 Å². The Kier molecular flexibility index (Phi) is 3.53. The third kappa shape index (κ3) is 2.46. The van der Waals surface area contributed by atoms with E-state index in [1.54, 1.807) is 6.92 Å². The maximum Gasteiger partial charge on any atom is 0.303 e. The lowest BCUT2D eigenvalue weighted by Gasteiger charge is -2.20. The van der Waals surface area contributed by atoms with Gasteiger partial charge in [0.25, 0.3) is 0 Å². The molecule has 1 unspecified atom stereocenters. The van der Waals surface area contributed by atoms with Crippen LogP contribution in [0.1, 0.15) is 41.9 Å². The number of halogens is 1. The molecule has 0 radical (unpaired) electrons. The first-order valence-corrected chi connectivity index (χ1v) is 6.50. The minimum absolute atomic E-state index is 0.0696. The second-order valence-corrected chi connectivity index (χ2v) is 5.51. The van der Waals surface area contributed by atoms with Gasteiger partial charge in [0.1, 0.15) is 5.75 Å². The highest BCUT2D eigenvalue weighted by Crippen LogP contribution is 2.49. The molecule has 2 N–H and O–H groups in total. The molecule has 1 aliphatic rings. The van der Waals surface area contributed by atoms with Crippen LogP contribution in [0.2, 0.25) is 5.02 Å². The molecular weight excluding hydrogens is 252 g/mol. The predicted octanol–water partition coefficient (Wildman–Crippen LogP) is 3.63. The molecule has 3 nitrogen and oxygen atoms in total. The van der Waals surface area contributed by atoms with E-state index in [2.05, 4.69) is 0 Å². The predicted molar refractivity (Wildman–Crippen MR) is 70.3 cm³/mol. The van der Waals surface area contributed by atoms with Gasteiger partial charge in [0, 0.05) is 22.1 Å². The topological polar surface area (TPSA) is 57.5 Å². The number of aryl methyl sites for hydroxylation is 1. The molecule has 1 atom stereocenters. The molecule has 0 saturated heterocycles. The third-order valence-corrected chi connectivity index (χ3v) is 4.09.